The fraction of sp³-hybridized carbons (Fsp3) is 0. The molecule has 3 aromatic carbocycles. The Morgan fingerprint density at radius 3 is 2.59 bits per heavy atom. The summed E-state index contributed by atoms with van der Waals surface area (Å²) >= 11 is 0. The van der Waals surface area contributed by atoms with E-state index in [-0.39, 0.29) is 0 Å². The number of fused-ring (bicyclic) bond motifs is 2. The van der Waals surface area contributed by atoms with Gasteiger partial charge in [0.1, 0.15) is 0 Å². The van der Waals surface area contributed by atoms with Gasteiger partial charge in [0.05, 0.1) is 5.56 Å². The van der Waals surface area contributed by atoms with Crippen LogP contribution in [-0.2, 0) is 0 Å². The molecule has 0 amide bonds. The Bertz CT molecular complexity index is 729. The van der Waals surface area contributed by atoms with Crippen LogP contribution in [0.25, 0.3) is 21.5 Å². The van der Waals surface area contributed by atoms with E-state index in [9.17, 15) is 4.79 Å². The van der Waals surface area contributed by atoms with Crippen molar-refractivity contribution in [2.45, 2.75) is 0 Å². The highest BCUT2D eigenvalue weighted by atomic mass is 16.4. The van der Waals surface area contributed by atoms with Crippen molar-refractivity contribution in [3.8, 4) is 0 Å². The topological polar surface area (TPSA) is 37.3 Å². The van der Waals surface area contributed by atoms with E-state index >= 15 is 0 Å². The summed E-state index contributed by atoms with van der Waals surface area (Å²) in [5.74, 6) is -0.915. The van der Waals surface area contributed by atoms with E-state index in [0.717, 1.165) is 16.2 Å². The molecule has 3 rings (SSSR count). The second-order valence-corrected chi connectivity index (χ2v) is 3.93. The molecule has 0 fully saturated rings. The molecule has 1 radical (unpaired) electrons. The average molecular weight is 221 g/mol. The summed E-state index contributed by atoms with van der Waals surface area (Å²) in [5.41, 5.74) is 0.299. The number of carboxylic acid groups (broad SMARTS) is 1. The number of hydrogen-bond acceptors (Lipinski definition) is 1. The van der Waals surface area contributed by atoms with Gasteiger partial charge in [0.25, 0.3) is 0 Å². The van der Waals surface area contributed by atoms with Crippen LogP contribution in [0.4, 0.5) is 0 Å². The molecule has 3 aromatic rings. The highest BCUT2D eigenvalue weighted by molar-refractivity contribution is 6.07. The van der Waals surface area contributed by atoms with Crippen LogP contribution in [0, 0.1) is 6.07 Å². The van der Waals surface area contributed by atoms with E-state index in [4.69, 9.17) is 5.11 Å². The molecule has 0 aliphatic carbocycles. The minimum atomic E-state index is -0.915. The summed E-state index contributed by atoms with van der Waals surface area (Å²) < 4.78 is 0. The Hall–Kier alpha value is -2.35. The molecule has 17 heavy (non-hydrogen) atoms. The molecule has 2 heteroatoms. The fourth-order valence-corrected chi connectivity index (χ4v) is 2.05. The summed E-state index contributed by atoms with van der Waals surface area (Å²) in [7, 11) is 0. The molecular weight excluding hydrogens is 212 g/mol. The lowest BCUT2D eigenvalue weighted by Gasteiger charge is -2.04. The van der Waals surface area contributed by atoms with Gasteiger partial charge in [0.2, 0.25) is 0 Å². The van der Waals surface area contributed by atoms with Crippen LogP contribution in [0.5, 0.6) is 0 Å². The predicted molar refractivity (Wildman–Crippen MR) is 67.2 cm³/mol. The van der Waals surface area contributed by atoms with Gasteiger partial charge in [-0.15, -0.1) is 0 Å². The van der Waals surface area contributed by atoms with Gasteiger partial charge in [-0.25, -0.2) is 4.79 Å². The lowest BCUT2D eigenvalue weighted by molar-refractivity contribution is 0.0699. The van der Waals surface area contributed by atoms with Crippen molar-refractivity contribution >= 4 is 27.5 Å². The zero-order valence-electron chi connectivity index (χ0n) is 8.97. The van der Waals surface area contributed by atoms with Crippen LogP contribution in [0.2, 0.25) is 0 Å². The molecule has 0 spiro atoms. The highest BCUT2D eigenvalue weighted by Gasteiger charge is 2.08. The van der Waals surface area contributed by atoms with Gasteiger partial charge in [-0.3, -0.25) is 0 Å². The molecule has 2 nitrogen and oxygen atoms in total. The maximum atomic E-state index is 11.1. The number of hydrogen-bond donors (Lipinski definition) is 1. The van der Waals surface area contributed by atoms with Gasteiger partial charge in [0.15, 0.2) is 0 Å². The minimum Gasteiger partial charge on any atom is -0.478 e. The largest absolute Gasteiger partial charge is 0.478 e. The van der Waals surface area contributed by atoms with Crippen LogP contribution in [0.1, 0.15) is 10.4 Å². The maximum Gasteiger partial charge on any atom is 0.336 e. The van der Waals surface area contributed by atoms with E-state index in [2.05, 4.69) is 6.07 Å². The first kappa shape index (κ1) is 9.85. The molecule has 0 aromatic heterocycles. The molecule has 0 aliphatic heterocycles. The Morgan fingerprint density at radius 2 is 1.76 bits per heavy atom. The summed E-state index contributed by atoms with van der Waals surface area (Å²) in [6, 6.07) is 18.3. The Balaban J connectivity index is 2.47. The van der Waals surface area contributed by atoms with Crippen molar-refractivity contribution in [3.05, 3.63) is 60.2 Å². The van der Waals surface area contributed by atoms with Crippen molar-refractivity contribution in [1.29, 1.82) is 0 Å². The molecule has 0 bridgehead atoms. The third-order valence-electron chi connectivity index (χ3n) is 2.86. The zero-order chi connectivity index (χ0) is 11.8. The minimum absolute atomic E-state index is 0.299. The van der Waals surface area contributed by atoms with Gasteiger partial charge in [-0.2, -0.15) is 0 Å². The monoisotopic (exact) mass is 221 g/mol. The van der Waals surface area contributed by atoms with E-state index in [1.165, 1.54) is 0 Å². The number of carboxylic acids is 1. The molecule has 0 aliphatic rings. The second kappa shape index (κ2) is 3.59. The summed E-state index contributed by atoms with van der Waals surface area (Å²) in [6.07, 6.45) is 0. The van der Waals surface area contributed by atoms with Gasteiger partial charge in [-0.1, -0.05) is 36.4 Å². The maximum absolute atomic E-state index is 11.1. The second-order valence-electron chi connectivity index (χ2n) is 3.93. The number of carbonyl (C=O) groups is 1. The van der Waals surface area contributed by atoms with Gasteiger partial charge in [-0.05, 0) is 34.4 Å². The van der Waals surface area contributed by atoms with Crippen LogP contribution in [0.3, 0.4) is 0 Å². The van der Waals surface area contributed by atoms with Gasteiger partial charge in [0, 0.05) is 5.39 Å². The first-order chi connectivity index (χ1) is 8.25. The lowest BCUT2D eigenvalue weighted by atomic mass is 10.00. The molecule has 0 saturated carbocycles. The molecule has 0 heterocycles. The van der Waals surface area contributed by atoms with Crippen LogP contribution in [0.15, 0.2) is 48.5 Å². The SMILES string of the molecule is O=C(O)c1cccc2cc3ccccc3[c]c12. The molecule has 0 saturated heterocycles. The standard InChI is InChI=1S/C15H9O2/c16-15(17)13-7-3-6-12-8-10-4-1-2-5-11(10)9-14(12)13/h1-8H,(H,16,17). The van der Waals surface area contributed by atoms with Crippen molar-refractivity contribution in [2.24, 2.45) is 0 Å². The molecule has 0 atom stereocenters. The third kappa shape index (κ3) is 1.54. The lowest BCUT2D eigenvalue weighted by Crippen LogP contribution is -1.97. The van der Waals surface area contributed by atoms with Crippen LogP contribution >= 0.6 is 0 Å². The highest BCUT2D eigenvalue weighted by Crippen LogP contribution is 2.24. The van der Waals surface area contributed by atoms with Gasteiger partial charge >= 0.3 is 5.97 Å². The van der Waals surface area contributed by atoms with E-state index in [1.807, 2.05) is 36.4 Å². The average Bonchev–Trinajstić information content (AvgIpc) is 2.35. The number of aromatic carboxylic acids is 1. The predicted octanol–water partition coefficient (Wildman–Crippen LogP) is 3.49. The smallest absolute Gasteiger partial charge is 0.336 e. The Morgan fingerprint density at radius 1 is 1.00 bits per heavy atom. The summed E-state index contributed by atoms with van der Waals surface area (Å²) in [6.45, 7) is 0. The quantitative estimate of drug-likeness (QED) is 0.638. The first-order valence-corrected chi connectivity index (χ1v) is 5.33. The van der Waals surface area contributed by atoms with Crippen LogP contribution < -0.4 is 0 Å². The number of rotatable bonds is 1. The van der Waals surface area contributed by atoms with Crippen molar-refractivity contribution in [1.82, 2.24) is 0 Å². The van der Waals surface area contributed by atoms with Crippen molar-refractivity contribution < 1.29 is 9.90 Å². The normalized spacial score (nSPS) is 10.8. The fourth-order valence-electron chi connectivity index (χ4n) is 2.05. The van der Waals surface area contributed by atoms with Gasteiger partial charge < -0.3 is 5.11 Å². The zero-order valence-corrected chi connectivity index (χ0v) is 8.97. The molecular formula is C15H9O2. The molecule has 81 valence electrons. The first-order valence-electron chi connectivity index (χ1n) is 5.33. The summed E-state index contributed by atoms with van der Waals surface area (Å²) in [4.78, 5) is 11.1. The molecule has 1 N–H and O–H groups in total. The summed E-state index contributed by atoms with van der Waals surface area (Å²) in [5, 5.41) is 12.7. The van der Waals surface area contributed by atoms with Crippen LogP contribution in [-0.4, -0.2) is 11.1 Å². The van der Waals surface area contributed by atoms with E-state index in [0.29, 0.717) is 10.9 Å². The van der Waals surface area contributed by atoms with Crippen molar-refractivity contribution in [2.75, 3.05) is 0 Å². The Labute approximate surface area is 98.1 Å². The Kier molecular flexibility index (Phi) is 2.08. The molecule has 0 unspecified atom stereocenters. The number of benzene rings is 3. The van der Waals surface area contributed by atoms with Crippen molar-refractivity contribution in [3.63, 3.8) is 0 Å². The third-order valence-corrected chi connectivity index (χ3v) is 2.86. The van der Waals surface area contributed by atoms with E-state index < -0.39 is 5.97 Å². The van der Waals surface area contributed by atoms with E-state index in [1.54, 1.807) is 12.1 Å².